The van der Waals surface area contributed by atoms with Crippen LogP contribution in [0.1, 0.15) is 15.5 Å². The molecule has 2 aromatic carbocycles. The average molecular weight is 312 g/mol. The molecular weight excluding hydrogens is 299 g/mol. The summed E-state index contributed by atoms with van der Waals surface area (Å²) in [5.41, 5.74) is 1.71. The first-order chi connectivity index (χ1) is 10.6. The summed E-state index contributed by atoms with van der Waals surface area (Å²) in [6.45, 7) is 1.86. The van der Waals surface area contributed by atoms with Crippen molar-refractivity contribution in [1.82, 2.24) is 4.98 Å². The molecule has 1 N–H and O–H groups in total. The third-order valence-electron chi connectivity index (χ3n) is 3.07. The van der Waals surface area contributed by atoms with Gasteiger partial charge in [0, 0.05) is 5.69 Å². The minimum absolute atomic E-state index is 0.339. The maximum Gasteiger partial charge on any atom is 0.275 e. The highest BCUT2D eigenvalue weighted by molar-refractivity contribution is 7.15. The molecule has 0 spiro atoms. The normalized spacial score (nSPS) is 10.5. The first-order valence-corrected chi connectivity index (χ1v) is 7.55. The Kier molecular flexibility index (Phi) is 3.98. The Morgan fingerprint density at radius 3 is 2.64 bits per heavy atom. The van der Waals surface area contributed by atoms with Crippen molar-refractivity contribution in [3.63, 3.8) is 0 Å². The van der Waals surface area contributed by atoms with Crippen LogP contribution in [0.15, 0.2) is 54.6 Å². The van der Waals surface area contributed by atoms with E-state index in [4.69, 9.17) is 0 Å². The molecule has 3 aromatic rings. The molecule has 22 heavy (non-hydrogen) atoms. The topological polar surface area (TPSA) is 42.0 Å². The Hall–Kier alpha value is -2.53. The van der Waals surface area contributed by atoms with E-state index in [0.29, 0.717) is 11.4 Å². The Morgan fingerprint density at radius 1 is 1.14 bits per heavy atom. The molecule has 1 heterocycles. The molecule has 0 aliphatic carbocycles. The number of amides is 1. The van der Waals surface area contributed by atoms with Gasteiger partial charge in [0.15, 0.2) is 0 Å². The fraction of sp³-hybridized carbons (Fsp3) is 0.0588. The van der Waals surface area contributed by atoms with Crippen molar-refractivity contribution in [2.24, 2.45) is 0 Å². The zero-order chi connectivity index (χ0) is 15.5. The van der Waals surface area contributed by atoms with Crippen LogP contribution in [0.25, 0.3) is 10.4 Å². The highest BCUT2D eigenvalue weighted by Gasteiger charge is 2.18. The standard InChI is InChI=1S/C17H13FN2OS/c1-11-19-15(16(22-11)12-6-3-2-4-7-12)17(21)20-14-9-5-8-13(18)10-14/h2-10H,1H3,(H,20,21). The number of benzene rings is 2. The number of nitrogens with one attached hydrogen (secondary N) is 1. The molecule has 0 fully saturated rings. The number of hydrogen-bond acceptors (Lipinski definition) is 3. The van der Waals surface area contributed by atoms with Crippen LogP contribution in [-0.2, 0) is 0 Å². The summed E-state index contributed by atoms with van der Waals surface area (Å²) in [5, 5.41) is 3.50. The fourth-order valence-corrected chi connectivity index (χ4v) is 3.04. The largest absolute Gasteiger partial charge is 0.321 e. The van der Waals surface area contributed by atoms with E-state index < -0.39 is 5.82 Å². The highest BCUT2D eigenvalue weighted by atomic mass is 32.1. The van der Waals surface area contributed by atoms with E-state index in [-0.39, 0.29) is 5.91 Å². The molecule has 0 saturated heterocycles. The fourth-order valence-electron chi connectivity index (χ4n) is 2.12. The van der Waals surface area contributed by atoms with E-state index in [1.54, 1.807) is 12.1 Å². The number of anilines is 1. The van der Waals surface area contributed by atoms with E-state index in [1.807, 2.05) is 37.3 Å². The Balaban J connectivity index is 1.93. The number of carbonyl (C=O) groups excluding carboxylic acids is 1. The lowest BCUT2D eigenvalue weighted by molar-refractivity contribution is 0.102. The van der Waals surface area contributed by atoms with Crippen molar-refractivity contribution < 1.29 is 9.18 Å². The van der Waals surface area contributed by atoms with Gasteiger partial charge in [0.05, 0.1) is 9.88 Å². The van der Waals surface area contributed by atoms with Crippen LogP contribution in [-0.4, -0.2) is 10.9 Å². The summed E-state index contributed by atoms with van der Waals surface area (Å²) in [5.74, 6) is -0.732. The summed E-state index contributed by atoms with van der Waals surface area (Å²) >= 11 is 1.46. The summed E-state index contributed by atoms with van der Waals surface area (Å²) in [6.07, 6.45) is 0. The van der Waals surface area contributed by atoms with Crippen LogP contribution in [0.4, 0.5) is 10.1 Å². The monoisotopic (exact) mass is 312 g/mol. The molecule has 1 amide bonds. The Labute approximate surface area is 131 Å². The van der Waals surface area contributed by atoms with Crippen molar-refractivity contribution in [3.8, 4) is 10.4 Å². The Morgan fingerprint density at radius 2 is 1.91 bits per heavy atom. The number of thiazole rings is 1. The second-order valence-corrected chi connectivity index (χ2v) is 5.94. The van der Waals surface area contributed by atoms with E-state index in [9.17, 15) is 9.18 Å². The van der Waals surface area contributed by atoms with Crippen molar-refractivity contribution in [2.45, 2.75) is 6.92 Å². The first-order valence-electron chi connectivity index (χ1n) is 6.73. The number of halogens is 1. The number of rotatable bonds is 3. The van der Waals surface area contributed by atoms with Crippen molar-refractivity contribution >= 4 is 22.9 Å². The maximum atomic E-state index is 13.2. The van der Waals surface area contributed by atoms with Crippen molar-refractivity contribution in [3.05, 3.63) is 71.1 Å². The van der Waals surface area contributed by atoms with E-state index in [1.165, 1.54) is 23.5 Å². The van der Waals surface area contributed by atoms with Crippen molar-refractivity contribution in [1.29, 1.82) is 0 Å². The average Bonchev–Trinajstić information content (AvgIpc) is 2.90. The molecule has 0 unspecified atom stereocenters. The lowest BCUT2D eigenvalue weighted by atomic mass is 10.1. The molecule has 5 heteroatoms. The van der Waals surface area contributed by atoms with Gasteiger partial charge in [0.2, 0.25) is 0 Å². The van der Waals surface area contributed by atoms with Gasteiger partial charge in [-0.05, 0) is 30.7 Å². The van der Waals surface area contributed by atoms with Gasteiger partial charge >= 0.3 is 0 Å². The van der Waals surface area contributed by atoms with Gasteiger partial charge in [0.1, 0.15) is 11.5 Å². The third kappa shape index (κ3) is 3.04. The van der Waals surface area contributed by atoms with E-state index in [2.05, 4.69) is 10.3 Å². The zero-order valence-corrected chi connectivity index (χ0v) is 12.7. The molecular formula is C17H13FN2OS. The molecule has 3 rings (SSSR count). The van der Waals surface area contributed by atoms with E-state index in [0.717, 1.165) is 15.4 Å². The molecule has 0 aliphatic heterocycles. The molecule has 0 radical (unpaired) electrons. The quantitative estimate of drug-likeness (QED) is 0.773. The molecule has 0 atom stereocenters. The number of aromatic nitrogens is 1. The third-order valence-corrected chi connectivity index (χ3v) is 4.09. The van der Waals surface area contributed by atoms with E-state index >= 15 is 0 Å². The van der Waals surface area contributed by atoms with Crippen LogP contribution in [0.3, 0.4) is 0 Å². The van der Waals surface area contributed by atoms with Gasteiger partial charge in [-0.1, -0.05) is 36.4 Å². The number of hydrogen-bond donors (Lipinski definition) is 1. The summed E-state index contributed by atoms with van der Waals surface area (Å²) in [7, 11) is 0. The minimum Gasteiger partial charge on any atom is -0.321 e. The number of aryl methyl sites for hydroxylation is 1. The molecule has 0 saturated carbocycles. The molecule has 0 aliphatic rings. The predicted molar refractivity (Wildman–Crippen MR) is 86.6 cm³/mol. The number of carbonyl (C=O) groups is 1. The smallest absolute Gasteiger partial charge is 0.275 e. The number of nitrogens with zero attached hydrogens (tertiary/aromatic N) is 1. The van der Waals surface area contributed by atoms with Gasteiger partial charge in [-0.2, -0.15) is 0 Å². The summed E-state index contributed by atoms with van der Waals surface area (Å²) < 4.78 is 13.2. The molecule has 1 aromatic heterocycles. The van der Waals surface area contributed by atoms with Crippen LogP contribution < -0.4 is 5.32 Å². The van der Waals surface area contributed by atoms with Crippen LogP contribution in [0.5, 0.6) is 0 Å². The van der Waals surface area contributed by atoms with Gasteiger partial charge in [-0.3, -0.25) is 4.79 Å². The van der Waals surface area contributed by atoms with Crippen LogP contribution in [0.2, 0.25) is 0 Å². The van der Waals surface area contributed by atoms with Crippen LogP contribution in [0, 0.1) is 12.7 Å². The second-order valence-electron chi connectivity index (χ2n) is 4.74. The van der Waals surface area contributed by atoms with Gasteiger partial charge in [-0.15, -0.1) is 11.3 Å². The Bertz CT molecular complexity index is 815. The lowest BCUT2D eigenvalue weighted by Gasteiger charge is -2.05. The zero-order valence-electron chi connectivity index (χ0n) is 11.8. The van der Waals surface area contributed by atoms with Crippen LogP contribution >= 0.6 is 11.3 Å². The molecule has 3 nitrogen and oxygen atoms in total. The van der Waals surface area contributed by atoms with Gasteiger partial charge in [0.25, 0.3) is 5.91 Å². The highest BCUT2D eigenvalue weighted by Crippen LogP contribution is 2.30. The molecule has 110 valence electrons. The minimum atomic E-state index is -0.393. The van der Waals surface area contributed by atoms with Gasteiger partial charge in [-0.25, -0.2) is 9.37 Å². The lowest BCUT2D eigenvalue weighted by Crippen LogP contribution is -2.13. The van der Waals surface area contributed by atoms with Crippen molar-refractivity contribution in [2.75, 3.05) is 5.32 Å². The second kappa shape index (κ2) is 6.07. The first kappa shape index (κ1) is 14.4. The van der Waals surface area contributed by atoms with Gasteiger partial charge < -0.3 is 5.32 Å². The summed E-state index contributed by atoms with van der Waals surface area (Å²) in [4.78, 5) is 17.6. The SMILES string of the molecule is Cc1nc(C(=O)Nc2cccc(F)c2)c(-c2ccccc2)s1. The predicted octanol–water partition coefficient (Wildman–Crippen LogP) is 4.51. The maximum absolute atomic E-state index is 13.2. The molecule has 0 bridgehead atoms. The summed E-state index contributed by atoms with van der Waals surface area (Å²) in [6, 6.07) is 15.4.